The lowest BCUT2D eigenvalue weighted by Crippen LogP contribution is -2.30. The molecule has 6 nitrogen and oxygen atoms in total. The third-order valence-corrected chi connectivity index (χ3v) is 15.1. The summed E-state index contributed by atoms with van der Waals surface area (Å²) in [4.78, 5) is 38.3. The van der Waals surface area contributed by atoms with E-state index in [0.29, 0.717) is 19.3 Å². The van der Waals surface area contributed by atoms with Gasteiger partial charge in [0.2, 0.25) is 0 Å². The zero-order valence-corrected chi connectivity index (χ0v) is 51.0. The third kappa shape index (κ3) is 62.2. The van der Waals surface area contributed by atoms with E-state index in [1.54, 1.807) is 0 Å². The predicted octanol–water partition coefficient (Wildman–Crippen LogP) is 22.9. The van der Waals surface area contributed by atoms with Crippen LogP contribution in [0.3, 0.4) is 0 Å². The fraction of sp³-hybridized carbons (Fsp3) is 0.843. The topological polar surface area (TPSA) is 78.9 Å². The average Bonchev–Trinajstić information content (AvgIpc) is 3.42. The zero-order valence-electron chi connectivity index (χ0n) is 51.0. The molecule has 0 heterocycles. The number of hydrogen-bond donors (Lipinski definition) is 0. The molecular formula is C70H128O6. The normalized spacial score (nSPS) is 12.3. The van der Waals surface area contributed by atoms with Gasteiger partial charge in [-0.2, -0.15) is 0 Å². The standard InChI is InChI=1S/C70H128O6/c1-4-7-10-13-16-19-22-25-28-30-31-32-33-34-35-36-37-38-39-40-41-43-45-48-51-54-57-60-63-69(72)75-66-67(65-74-68(71)62-59-56-53-50-47-44-27-24-21-18-15-12-9-6-3)76-70(73)64-61-58-55-52-49-46-42-29-26-23-20-17-14-11-8-5-2/h15,18,20,23-24,27,29,42,67H,4-14,16-17,19,21-22,25-26,28,30-41,43-66H2,1-3H3/b18-15-,23-20-,27-24-,42-29-. The summed E-state index contributed by atoms with van der Waals surface area (Å²) in [6, 6.07) is 0. The number of carbonyl (C=O) groups is 3. The first kappa shape index (κ1) is 73.4. The van der Waals surface area contributed by atoms with Crippen molar-refractivity contribution in [2.45, 2.75) is 367 Å². The molecule has 76 heavy (non-hydrogen) atoms. The zero-order chi connectivity index (χ0) is 55.0. The van der Waals surface area contributed by atoms with Crippen LogP contribution in [0, 0.1) is 0 Å². The SMILES string of the molecule is CCCC/C=C\C/C=C\CCCCCCCC(=O)OCC(COC(=O)CCCCCCCCCCCCCCCCCCCCCCCCCCCCCC)OC(=O)CCCCCCC/C=C\C/C=C\CCCCCC. The molecule has 0 saturated heterocycles. The van der Waals surface area contributed by atoms with Crippen LogP contribution in [-0.4, -0.2) is 37.2 Å². The van der Waals surface area contributed by atoms with Gasteiger partial charge in [-0.3, -0.25) is 14.4 Å². The van der Waals surface area contributed by atoms with Gasteiger partial charge in [0.25, 0.3) is 0 Å². The minimum Gasteiger partial charge on any atom is -0.462 e. The van der Waals surface area contributed by atoms with Crippen LogP contribution in [0.1, 0.15) is 361 Å². The van der Waals surface area contributed by atoms with Gasteiger partial charge in [0.15, 0.2) is 6.10 Å². The second-order valence-corrected chi connectivity index (χ2v) is 22.7. The van der Waals surface area contributed by atoms with Crippen LogP contribution >= 0.6 is 0 Å². The molecule has 0 aromatic rings. The maximum absolute atomic E-state index is 12.9. The molecule has 0 saturated carbocycles. The van der Waals surface area contributed by atoms with Gasteiger partial charge >= 0.3 is 17.9 Å². The summed E-state index contributed by atoms with van der Waals surface area (Å²) in [6.07, 6.45) is 81.4. The number of rotatable bonds is 62. The lowest BCUT2D eigenvalue weighted by Gasteiger charge is -2.18. The van der Waals surface area contributed by atoms with Crippen LogP contribution in [0.25, 0.3) is 0 Å². The lowest BCUT2D eigenvalue weighted by molar-refractivity contribution is -0.167. The quantitative estimate of drug-likeness (QED) is 0.0261. The largest absolute Gasteiger partial charge is 0.462 e. The Morgan fingerprint density at radius 3 is 0.776 bits per heavy atom. The molecule has 444 valence electrons. The highest BCUT2D eigenvalue weighted by atomic mass is 16.6. The summed E-state index contributed by atoms with van der Waals surface area (Å²) in [6.45, 7) is 6.61. The molecule has 0 aliphatic rings. The van der Waals surface area contributed by atoms with Gasteiger partial charge in [-0.15, -0.1) is 0 Å². The number of unbranched alkanes of at least 4 members (excludes halogenated alkanes) is 43. The highest BCUT2D eigenvalue weighted by Crippen LogP contribution is 2.18. The molecule has 0 aliphatic carbocycles. The summed E-state index contributed by atoms with van der Waals surface area (Å²) in [5.41, 5.74) is 0. The van der Waals surface area contributed by atoms with Gasteiger partial charge in [-0.1, -0.05) is 313 Å². The first-order valence-electron chi connectivity index (χ1n) is 33.6. The molecular weight excluding hydrogens is 937 g/mol. The van der Waals surface area contributed by atoms with Crippen LogP contribution in [0.15, 0.2) is 48.6 Å². The Morgan fingerprint density at radius 2 is 0.487 bits per heavy atom. The monoisotopic (exact) mass is 1060 g/mol. The molecule has 0 amide bonds. The molecule has 0 rings (SSSR count). The van der Waals surface area contributed by atoms with E-state index in [9.17, 15) is 14.4 Å². The van der Waals surface area contributed by atoms with E-state index < -0.39 is 6.10 Å². The van der Waals surface area contributed by atoms with Crippen LogP contribution in [-0.2, 0) is 28.6 Å². The molecule has 0 bridgehead atoms. The van der Waals surface area contributed by atoms with Crippen LogP contribution < -0.4 is 0 Å². The van der Waals surface area contributed by atoms with Crippen molar-refractivity contribution in [2.75, 3.05) is 13.2 Å². The molecule has 0 aliphatic heterocycles. The van der Waals surface area contributed by atoms with E-state index in [1.165, 1.54) is 218 Å². The Kier molecular flexibility index (Phi) is 62.6. The maximum atomic E-state index is 12.9. The minimum atomic E-state index is -0.786. The molecule has 0 spiro atoms. The first-order valence-corrected chi connectivity index (χ1v) is 33.6. The smallest absolute Gasteiger partial charge is 0.306 e. The van der Waals surface area contributed by atoms with Crippen molar-refractivity contribution in [1.82, 2.24) is 0 Å². The van der Waals surface area contributed by atoms with Gasteiger partial charge < -0.3 is 14.2 Å². The van der Waals surface area contributed by atoms with Crippen molar-refractivity contribution in [3.05, 3.63) is 48.6 Å². The van der Waals surface area contributed by atoms with E-state index in [1.807, 2.05) is 0 Å². The Labute approximate surface area is 473 Å². The Balaban J connectivity index is 4.21. The number of esters is 3. The van der Waals surface area contributed by atoms with E-state index in [0.717, 1.165) is 103 Å². The van der Waals surface area contributed by atoms with Gasteiger partial charge in [-0.25, -0.2) is 0 Å². The Morgan fingerprint density at radius 1 is 0.263 bits per heavy atom. The second-order valence-electron chi connectivity index (χ2n) is 22.7. The number of allylic oxidation sites excluding steroid dienone is 8. The molecule has 0 aromatic carbocycles. The summed E-state index contributed by atoms with van der Waals surface area (Å²) < 4.78 is 16.9. The Hall–Kier alpha value is -2.63. The molecule has 6 heteroatoms. The van der Waals surface area contributed by atoms with Gasteiger partial charge in [-0.05, 0) is 77.0 Å². The molecule has 0 radical (unpaired) electrons. The van der Waals surface area contributed by atoms with Crippen molar-refractivity contribution in [3.63, 3.8) is 0 Å². The highest BCUT2D eigenvalue weighted by molar-refractivity contribution is 5.71. The number of carbonyl (C=O) groups excluding carboxylic acids is 3. The van der Waals surface area contributed by atoms with Gasteiger partial charge in [0, 0.05) is 19.3 Å². The average molecular weight is 1070 g/mol. The minimum absolute atomic E-state index is 0.0801. The van der Waals surface area contributed by atoms with E-state index in [-0.39, 0.29) is 31.1 Å². The molecule has 0 fully saturated rings. The molecule has 0 aromatic heterocycles. The maximum Gasteiger partial charge on any atom is 0.306 e. The van der Waals surface area contributed by atoms with Crippen molar-refractivity contribution in [3.8, 4) is 0 Å². The van der Waals surface area contributed by atoms with E-state index >= 15 is 0 Å². The van der Waals surface area contributed by atoms with Crippen molar-refractivity contribution >= 4 is 17.9 Å². The first-order chi connectivity index (χ1) is 37.5. The van der Waals surface area contributed by atoms with E-state index in [2.05, 4.69) is 69.4 Å². The number of ether oxygens (including phenoxy) is 3. The van der Waals surface area contributed by atoms with Crippen LogP contribution in [0.5, 0.6) is 0 Å². The van der Waals surface area contributed by atoms with E-state index in [4.69, 9.17) is 14.2 Å². The van der Waals surface area contributed by atoms with Crippen LogP contribution in [0.2, 0.25) is 0 Å². The molecule has 1 unspecified atom stereocenters. The lowest BCUT2D eigenvalue weighted by atomic mass is 10.0. The second kappa shape index (κ2) is 64.9. The molecule has 0 N–H and O–H groups in total. The summed E-state index contributed by atoms with van der Waals surface area (Å²) in [5, 5.41) is 0. The predicted molar refractivity (Wildman–Crippen MR) is 330 cm³/mol. The summed E-state index contributed by atoms with van der Waals surface area (Å²) in [7, 11) is 0. The fourth-order valence-electron chi connectivity index (χ4n) is 9.96. The molecule has 1 atom stereocenters. The number of hydrogen-bond acceptors (Lipinski definition) is 6. The van der Waals surface area contributed by atoms with Crippen LogP contribution in [0.4, 0.5) is 0 Å². The third-order valence-electron chi connectivity index (χ3n) is 15.1. The fourth-order valence-corrected chi connectivity index (χ4v) is 9.96. The highest BCUT2D eigenvalue weighted by Gasteiger charge is 2.19. The van der Waals surface area contributed by atoms with Crippen molar-refractivity contribution in [2.24, 2.45) is 0 Å². The van der Waals surface area contributed by atoms with Gasteiger partial charge in [0.05, 0.1) is 0 Å². The van der Waals surface area contributed by atoms with Crippen molar-refractivity contribution in [1.29, 1.82) is 0 Å². The van der Waals surface area contributed by atoms with Gasteiger partial charge in [0.1, 0.15) is 13.2 Å². The Bertz CT molecular complexity index is 1310. The summed E-state index contributed by atoms with van der Waals surface area (Å²) in [5.74, 6) is -0.888. The van der Waals surface area contributed by atoms with Crippen molar-refractivity contribution < 1.29 is 28.6 Å². The summed E-state index contributed by atoms with van der Waals surface area (Å²) >= 11 is 0.